The quantitative estimate of drug-likeness (QED) is 0.705. The summed E-state index contributed by atoms with van der Waals surface area (Å²) in [6, 6.07) is 5.82. The predicted octanol–water partition coefficient (Wildman–Crippen LogP) is 2.11. The minimum absolute atomic E-state index is 0.298. The number of carbonyl (C=O) groups is 1. The molecule has 1 aliphatic rings. The molecule has 1 aromatic rings. The van der Waals surface area contributed by atoms with Crippen LogP contribution >= 0.6 is 0 Å². The van der Waals surface area contributed by atoms with Crippen LogP contribution in [-0.4, -0.2) is 27.7 Å². The van der Waals surface area contributed by atoms with E-state index in [0.717, 1.165) is 5.69 Å². The fourth-order valence-electron chi connectivity index (χ4n) is 1.99. The highest BCUT2D eigenvalue weighted by molar-refractivity contribution is 5.68. The topological polar surface area (TPSA) is 58.3 Å². The first-order chi connectivity index (χ1) is 8.40. The molecular weight excluding hydrogens is 230 g/mol. The lowest BCUT2D eigenvalue weighted by Crippen LogP contribution is -2.41. The molecule has 0 spiro atoms. The van der Waals surface area contributed by atoms with Crippen LogP contribution in [-0.2, 0) is 17.8 Å². The van der Waals surface area contributed by atoms with Gasteiger partial charge < -0.3 is 14.2 Å². The standard InChI is InChI=1S/C13H17N3O2/c1-13(2,3)18-12(17)15-6-7-16-10(8-14)4-5-11(16)9-15/h4-5H,6-7,9H2,1-3H3. The molecule has 96 valence electrons. The molecule has 0 fully saturated rings. The minimum atomic E-state index is -0.478. The molecule has 18 heavy (non-hydrogen) atoms. The van der Waals surface area contributed by atoms with Crippen molar-refractivity contribution in [3.8, 4) is 6.07 Å². The summed E-state index contributed by atoms with van der Waals surface area (Å²) in [6.45, 7) is 7.27. The number of hydrogen-bond acceptors (Lipinski definition) is 3. The van der Waals surface area contributed by atoms with E-state index in [1.165, 1.54) is 0 Å². The van der Waals surface area contributed by atoms with Crippen molar-refractivity contribution in [1.29, 1.82) is 5.26 Å². The molecule has 0 saturated heterocycles. The fourth-order valence-corrected chi connectivity index (χ4v) is 1.99. The third-order valence-corrected chi connectivity index (χ3v) is 2.78. The maximum atomic E-state index is 11.9. The zero-order chi connectivity index (χ0) is 13.3. The van der Waals surface area contributed by atoms with Crippen LogP contribution in [0.3, 0.4) is 0 Å². The second kappa shape index (κ2) is 4.37. The van der Waals surface area contributed by atoms with Crippen LogP contribution in [0.4, 0.5) is 4.79 Å². The first-order valence-electron chi connectivity index (χ1n) is 5.97. The van der Waals surface area contributed by atoms with Gasteiger partial charge in [-0.3, -0.25) is 0 Å². The average Bonchev–Trinajstić information content (AvgIpc) is 2.68. The first kappa shape index (κ1) is 12.5. The molecule has 1 aliphatic heterocycles. The van der Waals surface area contributed by atoms with Crippen LogP contribution in [0.5, 0.6) is 0 Å². The van der Waals surface area contributed by atoms with Gasteiger partial charge in [0.2, 0.25) is 0 Å². The Labute approximate surface area is 107 Å². The smallest absolute Gasteiger partial charge is 0.410 e. The first-order valence-corrected chi connectivity index (χ1v) is 5.97. The number of carbonyl (C=O) groups excluding carboxylic acids is 1. The second-order valence-corrected chi connectivity index (χ2v) is 5.38. The van der Waals surface area contributed by atoms with E-state index in [0.29, 0.717) is 25.3 Å². The van der Waals surface area contributed by atoms with Gasteiger partial charge in [-0.2, -0.15) is 5.26 Å². The number of amides is 1. The Balaban J connectivity index is 2.09. The van der Waals surface area contributed by atoms with Crippen molar-refractivity contribution in [1.82, 2.24) is 9.47 Å². The molecule has 0 radical (unpaired) electrons. The Morgan fingerprint density at radius 2 is 2.11 bits per heavy atom. The third-order valence-electron chi connectivity index (χ3n) is 2.78. The highest BCUT2D eigenvalue weighted by Crippen LogP contribution is 2.19. The molecular formula is C13H17N3O2. The Hall–Kier alpha value is -1.96. The molecule has 1 aromatic heterocycles. The number of hydrogen-bond donors (Lipinski definition) is 0. The Bertz CT molecular complexity index is 505. The lowest BCUT2D eigenvalue weighted by molar-refractivity contribution is 0.0199. The largest absolute Gasteiger partial charge is 0.444 e. The summed E-state index contributed by atoms with van der Waals surface area (Å²) in [5, 5.41) is 8.93. The van der Waals surface area contributed by atoms with E-state index in [4.69, 9.17) is 10.00 Å². The Kier molecular flexibility index (Phi) is 3.04. The molecule has 0 unspecified atom stereocenters. The van der Waals surface area contributed by atoms with Gasteiger partial charge in [0.05, 0.1) is 6.54 Å². The van der Waals surface area contributed by atoms with Crippen LogP contribution in [0.2, 0.25) is 0 Å². The molecule has 0 saturated carbocycles. The molecule has 0 aromatic carbocycles. The lowest BCUT2D eigenvalue weighted by Gasteiger charge is -2.31. The maximum Gasteiger partial charge on any atom is 0.410 e. The van der Waals surface area contributed by atoms with Gasteiger partial charge in [0.1, 0.15) is 17.4 Å². The summed E-state index contributed by atoms with van der Waals surface area (Å²) < 4.78 is 7.28. The van der Waals surface area contributed by atoms with E-state index in [1.54, 1.807) is 11.0 Å². The van der Waals surface area contributed by atoms with E-state index in [1.807, 2.05) is 31.4 Å². The normalized spacial score (nSPS) is 14.9. The van der Waals surface area contributed by atoms with Crippen molar-refractivity contribution in [2.24, 2.45) is 0 Å². The van der Waals surface area contributed by atoms with Crippen LogP contribution in [0.15, 0.2) is 12.1 Å². The van der Waals surface area contributed by atoms with Crippen molar-refractivity contribution in [3.63, 3.8) is 0 Å². The van der Waals surface area contributed by atoms with Crippen LogP contribution in [0, 0.1) is 11.3 Å². The van der Waals surface area contributed by atoms with Crippen LogP contribution in [0.1, 0.15) is 32.2 Å². The number of fused-ring (bicyclic) bond motifs is 1. The molecule has 2 rings (SSSR count). The monoisotopic (exact) mass is 247 g/mol. The average molecular weight is 247 g/mol. The minimum Gasteiger partial charge on any atom is -0.444 e. The number of rotatable bonds is 0. The predicted molar refractivity (Wildman–Crippen MR) is 65.8 cm³/mol. The number of nitriles is 1. The van der Waals surface area contributed by atoms with Gasteiger partial charge >= 0.3 is 6.09 Å². The van der Waals surface area contributed by atoms with E-state index in [9.17, 15) is 4.79 Å². The lowest BCUT2D eigenvalue weighted by atomic mass is 10.2. The van der Waals surface area contributed by atoms with Crippen molar-refractivity contribution in [3.05, 3.63) is 23.5 Å². The highest BCUT2D eigenvalue weighted by atomic mass is 16.6. The number of aromatic nitrogens is 1. The van der Waals surface area contributed by atoms with Crippen molar-refractivity contribution in [2.75, 3.05) is 6.54 Å². The van der Waals surface area contributed by atoms with E-state index < -0.39 is 5.60 Å². The Morgan fingerprint density at radius 3 is 2.72 bits per heavy atom. The summed E-state index contributed by atoms with van der Waals surface area (Å²) in [5.74, 6) is 0. The van der Waals surface area contributed by atoms with Gasteiger partial charge in [-0.1, -0.05) is 0 Å². The molecule has 5 nitrogen and oxygen atoms in total. The highest BCUT2D eigenvalue weighted by Gasteiger charge is 2.26. The van der Waals surface area contributed by atoms with Crippen LogP contribution in [0.25, 0.3) is 0 Å². The van der Waals surface area contributed by atoms with Gasteiger partial charge in [-0.05, 0) is 32.9 Å². The van der Waals surface area contributed by atoms with Gasteiger partial charge in [0, 0.05) is 18.8 Å². The van der Waals surface area contributed by atoms with E-state index in [2.05, 4.69) is 6.07 Å². The molecule has 0 N–H and O–H groups in total. The zero-order valence-corrected chi connectivity index (χ0v) is 10.9. The molecule has 1 amide bonds. The SMILES string of the molecule is CC(C)(C)OC(=O)N1CCn2c(C#N)ccc2C1. The molecule has 0 atom stereocenters. The van der Waals surface area contributed by atoms with Crippen LogP contribution < -0.4 is 0 Å². The summed E-state index contributed by atoms with van der Waals surface area (Å²) in [4.78, 5) is 13.6. The molecule has 0 bridgehead atoms. The van der Waals surface area contributed by atoms with E-state index in [-0.39, 0.29) is 6.09 Å². The second-order valence-electron chi connectivity index (χ2n) is 5.38. The van der Waals surface area contributed by atoms with Gasteiger partial charge in [-0.25, -0.2) is 4.79 Å². The third kappa shape index (κ3) is 2.48. The van der Waals surface area contributed by atoms with Crippen molar-refractivity contribution in [2.45, 2.75) is 39.5 Å². The summed E-state index contributed by atoms with van der Waals surface area (Å²) >= 11 is 0. The molecule has 2 heterocycles. The van der Waals surface area contributed by atoms with Crippen molar-refractivity contribution >= 4 is 6.09 Å². The van der Waals surface area contributed by atoms with Gasteiger partial charge in [0.15, 0.2) is 0 Å². The summed E-state index contributed by atoms with van der Waals surface area (Å²) in [5.41, 5.74) is 1.14. The van der Waals surface area contributed by atoms with Gasteiger partial charge in [-0.15, -0.1) is 0 Å². The number of ether oxygens (including phenoxy) is 1. The Morgan fingerprint density at radius 1 is 1.39 bits per heavy atom. The zero-order valence-electron chi connectivity index (χ0n) is 10.9. The van der Waals surface area contributed by atoms with Crippen molar-refractivity contribution < 1.29 is 9.53 Å². The van der Waals surface area contributed by atoms with Gasteiger partial charge in [0.25, 0.3) is 0 Å². The van der Waals surface area contributed by atoms with E-state index >= 15 is 0 Å². The number of nitrogens with zero attached hydrogens (tertiary/aromatic N) is 3. The summed E-state index contributed by atoms with van der Waals surface area (Å²) in [7, 11) is 0. The molecule has 5 heteroatoms. The molecule has 0 aliphatic carbocycles. The maximum absolute atomic E-state index is 11.9. The summed E-state index contributed by atoms with van der Waals surface area (Å²) in [6.07, 6.45) is -0.298. The fraction of sp³-hybridized carbons (Fsp3) is 0.538.